The Hall–Kier alpha value is -3.00. The van der Waals surface area contributed by atoms with E-state index in [0.717, 1.165) is 26.3 Å². The van der Waals surface area contributed by atoms with Crippen molar-refractivity contribution in [1.82, 2.24) is 5.32 Å². The molecule has 0 saturated carbocycles. The molecule has 1 saturated heterocycles. The van der Waals surface area contributed by atoms with Gasteiger partial charge in [-0.05, 0) is 55.1 Å². The number of benzene rings is 2. The number of methoxy groups -OCH3 is 1. The summed E-state index contributed by atoms with van der Waals surface area (Å²) in [7, 11) is 1.55. The normalized spacial score (nSPS) is 22.8. The van der Waals surface area contributed by atoms with Gasteiger partial charge in [0.25, 0.3) is 11.8 Å². The van der Waals surface area contributed by atoms with Crippen molar-refractivity contribution in [2.24, 2.45) is 0 Å². The predicted molar refractivity (Wildman–Crippen MR) is 124 cm³/mol. The SMILES string of the molecule is COc1ccc([C@@H]2Cc3c(cccc3C(C)(F)F)N(CC3CCCN3)C(=O)[C@@H]2OC(C)=O)cc1. The Bertz CT molecular complexity index is 1050. The molecule has 0 aliphatic carbocycles. The summed E-state index contributed by atoms with van der Waals surface area (Å²) in [4.78, 5) is 27.5. The molecule has 4 rings (SSSR count). The van der Waals surface area contributed by atoms with Gasteiger partial charge >= 0.3 is 5.97 Å². The fourth-order valence-corrected chi connectivity index (χ4v) is 5.00. The Labute approximate surface area is 198 Å². The monoisotopic (exact) mass is 472 g/mol. The van der Waals surface area contributed by atoms with Gasteiger partial charge in [0.1, 0.15) is 5.75 Å². The minimum Gasteiger partial charge on any atom is -0.497 e. The molecule has 2 aliphatic rings. The summed E-state index contributed by atoms with van der Waals surface area (Å²) in [5.74, 6) is -4.10. The fourth-order valence-electron chi connectivity index (χ4n) is 5.00. The number of hydrogen-bond acceptors (Lipinski definition) is 5. The number of fused-ring (bicyclic) bond motifs is 1. The number of amides is 1. The van der Waals surface area contributed by atoms with Crippen molar-refractivity contribution in [3.05, 3.63) is 59.2 Å². The number of ether oxygens (including phenoxy) is 2. The molecule has 2 heterocycles. The van der Waals surface area contributed by atoms with E-state index in [1.807, 2.05) is 0 Å². The number of anilines is 1. The average Bonchev–Trinajstić information content (AvgIpc) is 3.28. The molecule has 2 aromatic rings. The zero-order valence-corrected chi connectivity index (χ0v) is 19.6. The largest absolute Gasteiger partial charge is 0.497 e. The first-order valence-corrected chi connectivity index (χ1v) is 11.5. The van der Waals surface area contributed by atoms with Crippen LogP contribution in [-0.4, -0.2) is 44.2 Å². The minimum absolute atomic E-state index is 0.0399. The third-order valence-corrected chi connectivity index (χ3v) is 6.62. The number of rotatable bonds is 6. The van der Waals surface area contributed by atoms with Gasteiger partial charge in [0.05, 0.1) is 7.11 Å². The third-order valence-electron chi connectivity index (χ3n) is 6.62. The van der Waals surface area contributed by atoms with Gasteiger partial charge in [-0.3, -0.25) is 9.59 Å². The van der Waals surface area contributed by atoms with Crippen LogP contribution in [0.3, 0.4) is 0 Å². The van der Waals surface area contributed by atoms with Crippen molar-refractivity contribution in [1.29, 1.82) is 0 Å². The molecular weight excluding hydrogens is 442 g/mol. The Morgan fingerprint density at radius 2 is 1.94 bits per heavy atom. The lowest BCUT2D eigenvalue weighted by molar-refractivity contribution is -0.154. The van der Waals surface area contributed by atoms with Crippen LogP contribution in [0.1, 0.15) is 49.3 Å². The summed E-state index contributed by atoms with van der Waals surface area (Å²) in [6.07, 6.45) is 0.842. The van der Waals surface area contributed by atoms with Gasteiger partial charge in [0, 0.05) is 43.6 Å². The summed E-state index contributed by atoms with van der Waals surface area (Å²) in [6.45, 7) is 3.28. The first-order chi connectivity index (χ1) is 16.2. The highest BCUT2D eigenvalue weighted by atomic mass is 19.3. The van der Waals surface area contributed by atoms with E-state index in [1.54, 1.807) is 43.5 Å². The molecule has 3 atom stereocenters. The Kier molecular flexibility index (Phi) is 6.89. The van der Waals surface area contributed by atoms with Crippen LogP contribution in [0.2, 0.25) is 0 Å². The van der Waals surface area contributed by atoms with Crippen LogP contribution in [0, 0.1) is 0 Å². The molecular formula is C26H30F2N2O4. The van der Waals surface area contributed by atoms with Crippen LogP contribution in [0.15, 0.2) is 42.5 Å². The van der Waals surface area contributed by atoms with Crippen molar-refractivity contribution in [2.45, 2.75) is 57.1 Å². The molecule has 182 valence electrons. The number of hydrogen-bond donors (Lipinski definition) is 1. The van der Waals surface area contributed by atoms with Crippen LogP contribution >= 0.6 is 0 Å². The minimum atomic E-state index is -3.10. The summed E-state index contributed by atoms with van der Waals surface area (Å²) >= 11 is 0. The molecule has 1 amide bonds. The fraction of sp³-hybridized carbons (Fsp3) is 0.462. The highest BCUT2D eigenvalue weighted by molar-refractivity contribution is 6.00. The summed E-state index contributed by atoms with van der Waals surface area (Å²) < 4.78 is 40.3. The average molecular weight is 473 g/mol. The van der Waals surface area contributed by atoms with Gasteiger partial charge < -0.3 is 19.7 Å². The number of alkyl halides is 2. The van der Waals surface area contributed by atoms with E-state index in [-0.39, 0.29) is 18.0 Å². The maximum atomic E-state index is 14.7. The number of carbonyl (C=O) groups is 2. The lowest BCUT2D eigenvalue weighted by atomic mass is 9.85. The van der Waals surface area contributed by atoms with Crippen molar-refractivity contribution in [3.63, 3.8) is 0 Å². The second kappa shape index (κ2) is 9.70. The van der Waals surface area contributed by atoms with E-state index in [4.69, 9.17) is 9.47 Å². The number of esters is 1. The predicted octanol–water partition coefficient (Wildman–Crippen LogP) is 4.16. The molecule has 0 aromatic heterocycles. The van der Waals surface area contributed by atoms with Gasteiger partial charge in [0.2, 0.25) is 0 Å². The molecule has 1 N–H and O–H groups in total. The second-order valence-corrected chi connectivity index (χ2v) is 9.05. The van der Waals surface area contributed by atoms with Crippen molar-refractivity contribution in [2.75, 3.05) is 25.1 Å². The second-order valence-electron chi connectivity index (χ2n) is 9.05. The number of nitrogens with zero attached hydrogens (tertiary/aromatic N) is 1. The highest BCUT2D eigenvalue weighted by Crippen LogP contribution is 2.42. The molecule has 0 bridgehead atoms. The molecule has 2 aliphatic heterocycles. The van der Waals surface area contributed by atoms with E-state index in [9.17, 15) is 18.4 Å². The molecule has 1 fully saturated rings. The van der Waals surface area contributed by atoms with Gasteiger partial charge in [-0.25, -0.2) is 8.78 Å². The smallest absolute Gasteiger partial charge is 0.303 e. The number of carbonyl (C=O) groups excluding carboxylic acids is 2. The Morgan fingerprint density at radius 3 is 2.53 bits per heavy atom. The van der Waals surface area contributed by atoms with E-state index < -0.39 is 29.8 Å². The zero-order valence-electron chi connectivity index (χ0n) is 19.6. The molecule has 0 radical (unpaired) electrons. The lowest BCUT2D eigenvalue weighted by Gasteiger charge is -2.30. The Morgan fingerprint density at radius 1 is 1.21 bits per heavy atom. The number of halogens is 2. The lowest BCUT2D eigenvalue weighted by Crippen LogP contribution is -2.47. The first-order valence-electron chi connectivity index (χ1n) is 11.5. The summed E-state index contributed by atoms with van der Waals surface area (Å²) in [6, 6.07) is 11.8. The van der Waals surface area contributed by atoms with Gasteiger partial charge in [0.15, 0.2) is 6.10 Å². The van der Waals surface area contributed by atoms with E-state index >= 15 is 0 Å². The van der Waals surface area contributed by atoms with Gasteiger partial charge in [-0.1, -0.05) is 24.3 Å². The maximum absolute atomic E-state index is 14.7. The molecule has 6 nitrogen and oxygen atoms in total. The molecule has 0 spiro atoms. The van der Waals surface area contributed by atoms with Crippen LogP contribution in [0.4, 0.5) is 14.5 Å². The van der Waals surface area contributed by atoms with Crippen LogP contribution in [0.25, 0.3) is 0 Å². The Balaban J connectivity index is 1.87. The van der Waals surface area contributed by atoms with Crippen molar-refractivity contribution >= 4 is 17.6 Å². The zero-order chi connectivity index (χ0) is 24.5. The summed E-state index contributed by atoms with van der Waals surface area (Å²) in [5.41, 5.74) is 1.44. The van der Waals surface area contributed by atoms with Crippen LogP contribution in [-0.2, 0) is 26.7 Å². The van der Waals surface area contributed by atoms with Crippen LogP contribution in [0.5, 0.6) is 5.75 Å². The highest BCUT2D eigenvalue weighted by Gasteiger charge is 2.43. The third kappa shape index (κ3) is 4.92. The van der Waals surface area contributed by atoms with Crippen LogP contribution < -0.4 is 15.0 Å². The summed E-state index contributed by atoms with van der Waals surface area (Å²) in [5, 5.41) is 3.37. The van der Waals surface area contributed by atoms with Gasteiger partial charge in [-0.2, -0.15) is 0 Å². The standard InChI is InChI=1S/C26H30F2N2O4/c1-16(31)34-24-20(17-9-11-19(33-3)12-10-17)14-21-22(26(2,27)28)7-4-8-23(21)30(25(24)32)15-18-6-5-13-29-18/h4,7-12,18,20,24,29H,5-6,13-15H2,1-3H3/t18?,20-,24+/m0/s1. The molecule has 1 unspecified atom stereocenters. The van der Waals surface area contributed by atoms with E-state index in [0.29, 0.717) is 29.1 Å². The van der Waals surface area contributed by atoms with Crippen molar-refractivity contribution in [3.8, 4) is 5.75 Å². The first kappa shape index (κ1) is 24.1. The van der Waals surface area contributed by atoms with Gasteiger partial charge in [-0.15, -0.1) is 0 Å². The maximum Gasteiger partial charge on any atom is 0.303 e. The number of nitrogens with one attached hydrogen (secondary N) is 1. The molecule has 2 aromatic carbocycles. The molecule has 8 heteroatoms. The van der Waals surface area contributed by atoms with E-state index in [2.05, 4.69) is 5.32 Å². The topological polar surface area (TPSA) is 67.9 Å². The van der Waals surface area contributed by atoms with Crippen molar-refractivity contribution < 1.29 is 27.8 Å². The molecule has 34 heavy (non-hydrogen) atoms. The van der Waals surface area contributed by atoms with E-state index in [1.165, 1.54) is 17.9 Å². The quantitative estimate of drug-likeness (QED) is 0.640.